The summed E-state index contributed by atoms with van der Waals surface area (Å²) in [6, 6.07) is 85.9. The molecule has 0 radical (unpaired) electrons. The molecule has 0 saturated heterocycles. The van der Waals surface area contributed by atoms with Gasteiger partial charge in [0.2, 0.25) is 11.8 Å². The lowest BCUT2D eigenvalue weighted by atomic mass is 10.1. The molecular weight excluding hydrogens is 905 g/mol. The number of hydrogen-bond acceptors (Lipinski definition) is 2. The fourth-order valence-corrected chi connectivity index (χ4v) is 18.0. The summed E-state index contributed by atoms with van der Waals surface area (Å²) in [5.41, 5.74) is 0. The highest BCUT2D eigenvalue weighted by Gasteiger charge is 2.32. The van der Waals surface area contributed by atoms with Crippen LogP contribution in [-0.4, -0.2) is 72.4 Å². The van der Waals surface area contributed by atoms with E-state index in [4.69, 9.17) is 0 Å². The van der Waals surface area contributed by atoms with Crippen molar-refractivity contribution in [2.24, 2.45) is 5.92 Å². The predicted octanol–water partition coefficient (Wildman–Crippen LogP) is 9.81. The van der Waals surface area contributed by atoms with Crippen LogP contribution in [0.3, 0.4) is 0 Å². The van der Waals surface area contributed by atoms with E-state index in [0.717, 1.165) is 24.6 Å². The van der Waals surface area contributed by atoms with E-state index < -0.39 is 37.6 Å². The Morgan fingerprint density at radius 2 is 0.441 bits per heavy atom. The van der Waals surface area contributed by atoms with Crippen LogP contribution >= 0.6 is 31.7 Å². The summed E-state index contributed by atoms with van der Waals surface area (Å²) in [4.78, 5) is 34.9. The number of rotatable bonds is 22. The second-order valence-corrected chi connectivity index (χ2v) is 26.0. The second-order valence-electron chi connectivity index (χ2n) is 16.7. The minimum Gasteiger partial charge on any atom is -0.341 e. The van der Waals surface area contributed by atoms with E-state index in [-0.39, 0.29) is 11.8 Å². The van der Waals surface area contributed by atoms with Gasteiger partial charge in [0.25, 0.3) is 0 Å². The number of nitrogens with zero attached hydrogens (tertiary/aromatic N) is 2. The third-order valence-electron chi connectivity index (χ3n) is 12.3. The average molecular weight is 965 g/mol. The summed E-state index contributed by atoms with van der Waals surface area (Å²) in [5.74, 6) is -1.03. The van der Waals surface area contributed by atoms with E-state index in [0.29, 0.717) is 26.2 Å². The molecule has 68 heavy (non-hydrogen) atoms. The Morgan fingerprint density at radius 3 is 0.588 bits per heavy atom. The first-order valence-electron chi connectivity index (χ1n) is 23.6. The zero-order chi connectivity index (χ0) is 46.8. The molecule has 4 nitrogen and oxygen atoms in total. The van der Waals surface area contributed by atoms with Crippen molar-refractivity contribution < 1.29 is 9.59 Å². The molecule has 0 unspecified atom stereocenters. The lowest BCUT2D eigenvalue weighted by molar-refractivity contribution is -0.146. The fourth-order valence-electron chi connectivity index (χ4n) is 8.69. The molecule has 0 spiro atoms. The van der Waals surface area contributed by atoms with Gasteiger partial charge in [0, 0.05) is 26.2 Å². The van der Waals surface area contributed by atoms with Crippen LogP contribution in [0.2, 0.25) is 0 Å². The van der Waals surface area contributed by atoms with E-state index >= 15 is 9.59 Å². The van der Waals surface area contributed by atoms with Crippen LogP contribution in [0, 0.1) is 5.92 Å². The molecule has 0 fully saturated rings. The SMILES string of the molecule is CC(C(=O)N(CCP(c1ccccc1)c1ccccc1)CCP(c1ccccc1)c1ccccc1)C(=O)N(CCP(c1ccccc1)c1ccccc1)CCP(c1ccccc1)c1ccccc1. The molecule has 2 amide bonds. The van der Waals surface area contributed by atoms with Gasteiger partial charge in [-0.25, -0.2) is 0 Å². The molecule has 0 aliphatic carbocycles. The summed E-state index contributed by atoms with van der Waals surface area (Å²) in [6.45, 7) is 4.09. The molecule has 0 bridgehead atoms. The topological polar surface area (TPSA) is 40.6 Å². The molecule has 8 aromatic rings. The van der Waals surface area contributed by atoms with Crippen molar-refractivity contribution in [3.63, 3.8) is 0 Å². The molecule has 0 saturated carbocycles. The lowest BCUT2D eigenvalue weighted by Gasteiger charge is -2.33. The molecule has 0 aliphatic heterocycles. The number of benzene rings is 8. The van der Waals surface area contributed by atoms with Gasteiger partial charge in [0.05, 0.1) is 0 Å². The molecule has 8 aromatic carbocycles. The van der Waals surface area contributed by atoms with Crippen molar-refractivity contribution in [2.45, 2.75) is 6.92 Å². The monoisotopic (exact) mass is 964 g/mol. The summed E-state index contributed by atoms with van der Waals surface area (Å²) in [6.07, 6.45) is 3.19. The van der Waals surface area contributed by atoms with Crippen LogP contribution in [0.25, 0.3) is 0 Å². The van der Waals surface area contributed by atoms with Crippen LogP contribution in [0.4, 0.5) is 0 Å². The smallest absolute Gasteiger partial charge is 0.234 e. The first-order chi connectivity index (χ1) is 33.5. The van der Waals surface area contributed by atoms with Crippen LogP contribution in [0.1, 0.15) is 6.92 Å². The van der Waals surface area contributed by atoms with E-state index in [1.165, 1.54) is 42.4 Å². The average Bonchev–Trinajstić information content (AvgIpc) is 3.41. The minimum atomic E-state index is -0.853. The van der Waals surface area contributed by atoms with Crippen molar-refractivity contribution in [3.05, 3.63) is 243 Å². The first-order valence-corrected chi connectivity index (χ1v) is 29.7. The van der Waals surface area contributed by atoms with Crippen LogP contribution in [0.15, 0.2) is 243 Å². The maximum atomic E-state index is 15.4. The van der Waals surface area contributed by atoms with Crippen molar-refractivity contribution >= 4 is 85.9 Å². The Balaban J connectivity index is 1.11. The largest absolute Gasteiger partial charge is 0.341 e. The standard InChI is InChI=1S/C60H60N2O2P4/c1-50(59(63)61(42-46-65(51-26-10-2-11-27-51)52-28-12-3-13-29-52)43-47-66(53-30-14-4-15-31-53)54-32-16-5-17-33-54)60(64)62(44-48-67(55-34-18-6-19-35-55)56-36-20-7-21-37-56)45-49-68(57-38-22-8-23-39-57)58-40-24-9-25-41-58/h2-41,50H,42-49H2,1H3. The van der Waals surface area contributed by atoms with Crippen LogP contribution in [0.5, 0.6) is 0 Å². The van der Waals surface area contributed by atoms with Gasteiger partial charge in [0.1, 0.15) is 5.92 Å². The summed E-state index contributed by atoms with van der Waals surface area (Å²) >= 11 is 0. The molecule has 0 aromatic heterocycles. The Kier molecular flexibility index (Phi) is 18.5. The lowest BCUT2D eigenvalue weighted by Crippen LogP contribution is -2.47. The highest BCUT2D eigenvalue weighted by Crippen LogP contribution is 2.38. The Morgan fingerprint density at radius 1 is 0.294 bits per heavy atom. The highest BCUT2D eigenvalue weighted by molar-refractivity contribution is 7.74. The van der Waals surface area contributed by atoms with Crippen molar-refractivity contribution in [3.8, 4) is 0 Å². The molecule has 0 heterocycles. The number of carbonyl (C=O) groups is 2. The van der Waals surface area contributed by atoms with Crippen molar-refractivity contribution in [1.29, 1.82) is 0 Å². The van der Waals surface area contributed by atoms with Crippen molar-refractivity contribution in [2.75, 3.05) is 50.8 Å². The maximum Gasteiger partial charge on any atom is 0.234 e. The van der Waals surface area contributed by atoms with E-state index in [1.807, 2.05) is 16.7 Å². The van der Waals surface area contributed by atoms with Gasteiger partial charge in [-0.05, 0) is 106 Å². The highest BCUT2D eigenvalue weighted by atomic mass is 31.1. The quantitative estimate of drug-likeness (QED) is 0.0502. The number of hydrogen-bond donors (Lipinski definition) is 0. The molecule has 8 heteroatoms. The fraction of sp³-hybridized carbons (Fsp3) is 0.167. The molecule has 342 valence electrons. The van der Waals surface area contributed by atoms with Gasteiger partial charge in [-0.1, -0.05) is 243 Å². The van der Waals surface area contributed by atoms with Crippen molar-refractivity contribution in [1.82, 2.24) is 9.80 Å². The van der Waals surface area contributed by atoms with E-state index in [2.05, 4.69) is 243 Å². The third-order valence-corrected chi connectivity index (χ3v) is 22.2. The molecular formula is C60H60N2O2P4. The maximum absolute atomic E-state index is 15.4. The zero-order valence-electron chi connectivity index (χ0n) is 38.8. The predicted molar refractivity (Wildman–Crippen MR) is 298 cm³/mol. The number of carbonyl (C=O) groups excluding carboxylic acids is 2. The molecule has 0 N–H and O–H groups in total. The normalized spacial score (nSPS) is 11.4. The number of amides is 2. The van der Waals surface area contributed by atoms with Crippen LogP contribution in [-0.2, 0) is 9.59 Å². The summed E-state index contributed by atoms with van der Waals surface area (Å²) in [7, 11) is -3.05. The third kappa shape index (κ3) is 13.3. The Bertz CT molecular complexity index is 2180. The first kappa shape index (κ1) is 48.9. The summed E-state index contributed by atoms with van der Waals surface area (Å²) < 4.78 is 0. The van der Waals surface area contributed by atoms with E-state index in [9.17, 15) is 0 Å². The zero-order valence-corrected chi connectivity index (χ0v) is 42.4. The van der Waals surface area contributed by atoms with Gasteiger partial charge in [0.15, 0.2) is 0 Å². The second kappa shape index (κ2) is 25.7. The van der Waals surface area contributed by atoms with Gasteiger partial charge in [-0.3, -0.25) is 9.59 Å². The van der Waals surface area contributed by atoms with Crippen LogP contribution < -0.4 is 42.4 Å². The van der Waals surface area contributed by atoms with Gasteiger partial charge in [-0.2, -0.15) is 0 Å². The Labute approximate surface area is 409 Å². The Hall–Kier alpha value is -5.58. The van der Waals surface area contributed by atoms with E-state index in [1.54, 1.807) is 0 Å². The molecule has 0 atom stereocenters. The summed E-state index contributed by atoms with van der Waals surface area (Å²) in [5, 5.41) is 10.3. The minimum absolute atomic E-state index is 0.0890. The molecule has 8 rings (SSSR count). The van der Waals surface area contributed by atoms with Gasteiger partial charge >= 0.3 is 0 Å². The molecule has 0 aliphatic rings. The van der Waals surface area contributed by atoms with Gasteiger partial charge in [-0.15, -0.1) is 0 Å². The van der Waals surface area contributed by atoms with Gasteiger partial charge < -0.3 is 9.80 Å².